The number of hydrogen-bond acceptors (Lipinski definition) is 7. The van der Waals surface area contributed by atoms with E-state index in [-0.39, 0.29) is 6.03 Å². The van der Waals surface area contributed by atoms with E-state index < -0.39 is 0 Å². The van der Waals surface area contributed by atoms with E-state index >= 15 is 0 Å². The Morgan fingerprint density at radius 1 is 1.00 bits per heavy atom. The van der Waals surface area contributed by atoms with Crippen LogP contribution in [-0.2, 0) is 0 Å². The molecule has 3 aromatic rings. The fourth-order valence-electron chi connectivity index (χ4n) is 2.51. The van der Waals surface area contributed by atoms with Crippen molar-refractivity contribution in [1.29, 1.82) is 0 Å². The van der Waals surface area contributed by atoms with E-state index in [4.69, 9.17) is 4.74 Å². The first-order valence-electron chi connectivity index (χ1n) is 9.09. The predicted octanol–water partition coefficient (Wildman–Crippen LogP) is 3.17. The molecular weight excluding hydrogens is 370 g/mol. The average Bonchev–Trinajstić information content (AvgIpc) is 2.73. The van der Waals surface area contributed by atoms with Gasteiger partial charge in [0.15, 0.2) is 5.82 Å². The standard InChI is InChI=1S/C20H23N7O2/c1-14-6-7-16(29-2)15(13-14)24-20(28)23-12-11-22-18-8-9-19(27-26-18)25-17-5-3-4-10-21-17/h3-10,13H,11-12H2,1-2H3,(H,22,26)(H,21,25,27)(H2,23,24,28). The van der Waals surface area contributed by atoms with Crippen molar-refractivity contribution in [3.8, 4) is 5.75 Å². The minimum absolute atomic E-state index is 0.309. The van der Waals surface area contributed by atoms with E-state index in [2.05, 4.69) is 36.4 Å². The molecule has 9 nitrogen and oxygen atoms in total. The van der Waals surface area contributed by atoms with Gasteiger partial charge in [-0.3, -0.25) is 0 Å². The Morgan fingerprint density at radius 3 is 2.55 bits per heavy atom. The Morgan fingerprint density at radius 2 is 1.83 bits per heavy atom. The molecule has 0 aliphatic rings. The molecule has 0 saturated heterocycles. The lowest BCUT2D eigenvalue weighted by Gasteiger charge is -2.12. The molecule has 29 heavy (non-hydrogen) atoms. The topological polar surface area (TPSA) is 113 Å². The number of carbonyl (C=O) groups is 1. The second-order valence-electron chi connectivity index (χ2n) is 6.16. The third-order valence-electron chi connectivity index (χ3n) is 3.91. The van der Waals surface area contributed by atoms with E-state index in [1.54, 1.807) is 25.4 Å². The van der Waals surface area contributed by atoms with Gasteiger partial charge in [0.25, 0.3) is 0 Å². The molecule has 0 atom stereocenters. The van der Waals surface area contributed by atoms with Gasteiger partial charge in [0.05, 0.1) is 12.8 Å². The molecule has 0 aliphatic heterocycles. The first-order valence-corrected chi connectivity index (χ1v) is 9.09. The number of pyridine rings is 1. The summed E-state index contributed by atoms with van der Waals surface area (Å²) in [7, 11) is 1.57. The largest absolute Gasteiger partial charge is 0.495 e. The van der Waals surface area contributed by atoms with Gasteiger partial charge in [-0.05, 0) is 48.9 Å². The highest BCUT2D eigenvalue weighted by atomic mass is 16.5. The summed E-state index contributed by atoms with van der Waals surface area (Å²) in [6.07, 6.45) is 1.70. The zero-order valence-corrected chi connectivity index (χ0v) is 16.3. The Hall–Kier alpha value is -3.88. The number of aromatic nitrogens is 3. The molecule has 0 fully saturated rings. The summed E-state index contributed by atoms with van der Waals surface area (Å²) in [6, 6.07) is 14.5. The van der Waals surface area contributed by atoms with E-state index in [1.165, 1.54) is 0 Å². The number of hydrogen-bond donors (Lipinski definition) is 4. The van der Waals surface area contributed by atoms with Crippen LogP contribution >= 0.6 is 0 Å². The minimum atomic E-state index is -0.309. The third-order valence-corrected chi connectivity index (χ3v) is 3.91. The first kappa shape index (κ1) is 19.9. The highest BCUT2D eigenvalue weighted by Gasteiger charge is 2.07. The number of ether oxygens (including phenoxy) is 1. The van der Waals surface area contributed by atoms with Gasteiger partial charge in [-0.1, -0.05) is 12.1 Å². The molecule has 0 aliphatic carbocycles. The van der Waals surface area contributed by atoms with Crippen molar-refractivity contribution in [2.45, 2.75) is 6.92 Å². The van der Waals surface area contributed by atoms with Crippen molar-refractivity contribution in [3.05, 3.63) is 60.3 Å². The van der Waals surface area contributed by atoms with Crippen LogP contribution in [0.5, 0.6) is 5.75 Å². The van der Waals surface area contributed by atoms with Crippen molar-refractivity contribution in [3.63, 3.8) is 0 Å². The van der Waals surface area contributed by atoms with E-state index in [0.717, 1.165) is 5.56 Å². The van der Waals surface area contributed by atoms with Crippen molar-refractivity contribution in [2.75, 3.05) is 36.1 Å². The van der Waals surface area contributed by atoms with Crippen LogP contribution in [0.25, 0.3) is 0 Å². The van der Waals surface area contributed by atoms with Gasteiger partial charge in [0, 0.05) is 19.3 Å². The Kier molecular flexibility index (Phi) is 6.77. The number of nitrogens with zero attached hydrogens (tertiary/aromatic N) is 3. The van der Waals surface area contributed by atoms with Crippen molar-refractivity contribution in [1.82, 2.24) is 20.5 Å². The summed E-state index contributed by atoms with van der Waals surface area (Å²) in [6.45, 7) is 2.86. The van der Waals surface area contributed by atoms with Gasteiger partial charge >= 0.3 is 6.03 Å². The lowest BCUT2D eigenvalue weighted by atomic mass is 10.2. The molecule has 2 aromatic heterocycles. The number of anilines is 4. The van der Waals surface area contributed by atoms with Crippen molar-refractivity contribution >= 4 is 29.2 Å². The molecule has 0 saturated carbocycles. The van der Waals surface area contributed by atoms with Gasteiger partial charge in [-0.25, -0.2) is 9.78 Å². The van der Waals surface area contributed by atoms with Crippen LogP contribution in [0.15, 0.2) is 54.7 Å². The highest BCUT2D eigenvalue weighted by Crippen LogP contribution is 2.24. The Bertz CT molecular complexity index is 933. The quantitative estimate of drug-likeness (QED) is 0.435. The SMILES string of the molecule is COc1ccc(C)cc1NC(=O)NCCNc1ccc(Nc2ccccn2)nn1. The second-order valence-corrected chi connectivity index (χ2v) is 6.16. The van der Waals surface area contributed by atoms with Crippen LogP contribution in [-0.4, -0.2) is 41.4 Å². The fraction of sp³-hybridized carbons (Fsp3) is 0.200. The Balaban J connectivity index is 1.41. The molecule has 9 heteroatoms. The maximum absolute atomic E-state index is 12.1. The van der Waals surface area contributed by atoms with E-state index in [0.29, 0.717) is 42.0 Å². The van der Waals surface area contributed by atoms with Gasteiger partial charge in [0.1, 0.15) is 17.4 Å². The lowest BCUT2D eigenvalue weighted by molar-refractivity contribution is 0.252. The monoisotopic (exact) mass is 393 g/mol. The number of amides is 2. The molecular formula is C20H23N7O2. The second kappa shape index (κ2) is 9.88. The number of rotatable bonds is 8. The van der Waals surface area contributed by atoms with E-state index in [1.807, 2.05) is 43.3 Å². The summed E-state index contributed by atoms with van der Waals surface area (Å²) >= 11 is 0. The zero-order valence-electron chi connectivity index (χ0n) is 16.3. The normalized spacial score (nSPS) is 10.1. The fourth-order valence-corrected chi connectivity index (χ4v) is 2.51. The number of aryl methyl sites for hydroxylation is 1. The molecule has 2 amide bonds. The molecule has 0 bridgehead atoms. The molecule has 0 radical (unpaired) electrons. The molecule has 1 aromatic carbocycles. The predicted molar refractivity (Wildman–Crippen MR) is 113 cm³/mol. The number of urea groups is 1. The summed E-state index contributed by atoms with van der Waals surface area (Å²) in [5.41, 5.74) is 1.65. The van der Waals surface area contributed by atoms with Crippen molar-refractivity contribution < 1.29 is 9.53 Å². The number of carbonyl (C=O) groups excluding carboxylic acids is 1. The molecule has 4 N–H and O–H groups in total. The maximum Gasteiger partial charge on any atom is 0.319 e. The van der Waals surface area contributed by atoms with Crippen LogP contribution in [0.3, 0.4) is 0 Å². The van der Waals surface area contributed by atoms with Gasteiger partial charge in [-0.15, -0.1) is 10.2 Å². The molecule has 3 rings (SSSR count). The van der Waals surface area contributed by atoms with E-state index in [9.17, 15) is 4.79 Å². The van der Waals surface area contributed by atoms with Gasteiger partial charge < -0.3 is 26.0 Å². The van der Waals surface area contributed by atoms with Crippen LogP contribution in [0.4, 0.5) is 27.9 Å². The van der Waals surface area contributed by atoms with Crippen LogP contribution in [0.2, 0.25) is 0 Å². The lowest BCUT2D eigenvalue weighted by Crippen LogP contribution is -2.32. The number of benzene rings is 1. The number of nitrogens with one attached hydrogen (secondary N) is 4. The minimum Gasteiger partial charge on any atom is -0.495 e. The molecule has 0 unspecified atom stereocenters. The smallest absolute Gasteiger partial charge is 0.319 e. The maximum atomic E-state index is 12.1. The third kappa shape index (κ3) is 6.06. The first-order chi connectivity index (χ1) is 14.1. The average molecular weight is 393 g/mol. The molecule has 150 valence electrons. The molecule has 0 spiro atoms. The van der Waals surface area contributed by atoms with Crippen LogP contribution in [0.1, 0.15) is 5.56 Å². The highest BCUT2D eigenvalue weighted by molar-refractivity contribution is 5.91. The zero-order chi connectivity index (χ0) is 20.5. The van der Waals surface area contributed by atoms with Gasteiger partial charge in [-0.2, -0.15) is 0 Å². The van der Waals surface area contributed by atoms with Gasteiger partial charge in [0.2, 0.25) is 0 Å². The Labute approximate surface area is 168 Å². The molecule has 2 heterocycles. The van der Waals surface area contributed by atoms with Crippen LogP contribution < -0.4 is 26.0 Å². The summed E-state index contributed by atoms with van der Waals surface area (Å²) < 4.78 is 5.25. The summed E-state index contributed by atoms with van der Waals surface area (Å²) in [4.78, 5) is 16.2. The van der Waals surface area contributed by atoms with Crippen molar-refractivity contribution in [2.24, 2.45) is 0 Å². The number of methoxy groups -OCH3 is 1. The van der Waals surface area contributed by atoms with Crippen LogP contribution in [0, 0.1) is 6.92 Å². The summed E-state index contributed by atoms with van der Waals surface area (Å²) in [5.74, 6) is 2.51. The summed E-state index contributed by atoms with van der Waals surface area (Å²) in [5, 5.41) is 19.9.